The minimum atomic E-state index is -2.90. The van der Waals surface area contributed by atoms with E-state index in [-0.39, 0.29) is 11.5 Å². The predicted octanol–water partition coefficient (Wildman–Crippen LogP) is 0.715. The summed E-state index contributed by atoms with van der Waals surface area (Å²) in [6, 6.07) is 7.49. The van der Waals surface area contributed by atoms with E-state index >= 15 is 0 Å². The number of rotatable bonds is 3. The Morgan fingerprint density at radius 1 is 1.19 bits per heavy atom. The van der Waals surface area contributed by atoms with Crippen molar-refractivity contribution in [3.63, 3.8) is 0 Å². The zero-order valence-electron chi connectivity index (χ0n) is 11.6. The van der Waals surface area contributed by atoms with E-state index in [9.17, 15) is 8.42 Å². The third-order valence-electron chi connectivity index (χ3n) is 3.46. The van der Waals surface area contributed by atoms with Gasteiger partial charge in [-0.15, -0.1) is 5.10 Å². The van der Waals surface area contributed by atoms with Crippen LogP contribution in [-0.4, -0.2) is 55.3 Å². The van der Waals surface area contributed by atoms with Crippen molar-refractivity contribution < 1.29 is 13.2 Å². The average molecular weight is 308 g/mol. The molecule has 1 aliphatic rings. The van der Waals surface area contributed by atoms with Crippen LogP contribution in [0.2, 0.25) is 0 Å². The number of benzene rings is 1. The van der Waals surface area contributed by atoms with Crippen molar-refractivity contribution in [2.45, 2.75) is 0 Å². The Bertz CT molecular complexity index is 710. The van der Waals surface area contributed by atoms with E-state index in [1.165, 1.54) is 0 Å². The highest BCUT2D eigenvalue weighted by atomic mass is 32.2. The van der Waals surface area contributed by atoms with Crippen LogP contribution >= 0.6 is 0 Å². The van der Waals surface area contributed by atoms with Gasteiger partial charge in [-0.2, -0.15) is 4.98 Å². The van der Waals surface area contributed by atoms with Crippen LogP contribution in [0, 0.1) is 0 Å². The van der Waals surface area contributed by atoms with Crippen LogP contribution < -0.4 is 9.64 Å². The molecule has 0 spiro atoms. The van der Waals surface area contributed by atoms with Gasteiger partial charge in [0.05, 0.1) is 18.6 Å². The third-order valence-corrected chi connectivity index (χ3v) is 5.07. The summed E-state index contributed by atoms with van der Waals surface area (Å²) in [5.41, 5.74) is 0.902. The van der Waals surface area contributed by atoms with Gasteiger partial charge in [0.2, 0.25) is 5.95 Å². The van der Waals surface area contributed by atoms with E-state index in [1.807, 2.05) is 29.2 Å². The lowest BCUT2D eigenvalue weighted by atomic mass is 10.2. The number of H-pyrrole nitrogens is 1. The number of aromatic nitrogens is 3. The minimum absolute atomic E-state index is 0.152. The molecular weight excluding hydrogens is 292 g/mol. The van der Waals surface area contributed by atoms with Crippen LogP contribution in [0.3, 0.4) is 0 Å². The highest BCUT2D eigenvalue weighted by molar-refractivity contribution is 7.91. The summed E-state index contributed by atoms with van der Waals surface area (Å²) in [6.45, 7) is 0.866. The first-order valence-corrected chi connectivity index (χ1v) is 8.42. The Kier molecular flexibility index (Phi) is 3.54. The van der Waals surface area contributed by atoms with Crippen molar-refractivity contribution in [2.24, 2.45) is 0 Å². The van der Waals surface area contributed by atoms with E-state index < -0.39 is 9.84 Å². The monoisotopic (exact) mass is 308 g/mol. The Balaban J connectivity index is 1.77. The molecular formula is C13H16N4O3S. The molecule has 1 aromatic carbocycles. The first kappa shape index (κ1) is 13.9. The molecule has 0 aliphatic carbocycles. The highest BCUT2D eigenvalue weighted by Gasteiger charge is 2.24. The Hall–Kier alpha value is -2.09. The molecule has 0 radical (unpaired) electrons. The van der Waals surface area contributed by atoms with Gasteiger partial charge in [-0.1, -0.05) is 0 Å². The van der Waals surface area contributed by atoms with Gasteiger partial charge in [0.1, 0.15) is 5.75 Å². The number of ether oxygens (including phenoxy) is 1. The normalized spacial score (nSPS) is 17.7. The molecule has 1 N–H and O–H groups in total. The molecule has 0 amide bonds. The second-order valence-electron chi connectivity index (χ2n) is 4.85. The van der Waals surface area contributed by atoms with Crippen LogP contribution in [0.4, 0.5) is 5.95 Å². The fourth-order valence-corrected chi connectivity index (χ4v) is 3.39. The van der Waals surface area contributed by atoms with Crippen molar-refractivity contribution in [3.8, 4) is 17.1 Å². The van der Waals surface area contributed by atoms with Gasteiger partial charge in [0.25, 0.3) is 0 Å². The van der Waals surface area contributed by atoms with E-state index in [0.29, 0.717) is 24.9 Å². The summed E-state index contributed by atoms with van der Waals surface area (Å²) in [4.78, 5) is 6.31. The number of hydrogen-bond donors (Lipinski definition) is 1. The second kappa shape index (κ2) is 5.36. The molecule has 0 unspecified atom stereocenters. The zero-order chi connectivity index (χ0) is 14.9. The van der Waals surface area contributed by atoms with Crippen molar-refractivity contribution >= 4 is 15.8 Å². The maximum atomic E-state index is 11.4. The van der Waals surface area contributed by atoms with Crippen molar-refractivity contribution in [2.75, 3.05) is 36.6 Å². The topological polar surface area (TPSA) is 88.2 Å². The van der Waals surface area contributed by atoms with Crippen molar-refractivity contribution in [1.29, 1.82) is 0 Å². The highest BCUT2D eigenvalue weighted by Crippen LogP contribution is 2.21. The molecule has 7 nitrogen and oxygen atoms in total. The quantitative estimate of drug-likeness (QED) is 0.898. The number of aromatic amines is 1. The molecule has 0 bridgehead atoms. The van der Waals surface area contributed by atoms with Gasteiger partial charge in [-0.05, 0) is 24.3 Å². The molecule has 0 atom stereocenters. The zero-order valence-corrected chi connectivity index (χ0v) is 12.4. The molecule has 112 valence electrons. The molecule has 1 aliphatic heterocycles. The van der Waals surface area contributed by atoms with Crippen LogP contribution in [0.25, 0.3) is 11.4 Å². The summed E-state index contributed by atoms with van der Waals surface area (Å²) in [6.07, 6.45) is 0. The van der Waals surface area contributed by atoms with Crippen molar-refractivity contribution in [3.05, 3.63) is 24.3 Å². The minimum Gasteiger partial charge on any atom is -0.497 e. The van der Waals surface area contributed by atoms with Gasteiger partial charge >= 0.3 is 0 Å². The molecule has 8 heteroatoms. The molecule has 0 saturated carbocycles. The number of nitrogens with zero attached hydrogens (tertiary/aromatic N) is 3. The van der Waals surface area contributed by atoms with E-state index in [4.69, 9.17) is 4.74 Å². The Labute approximate surface area is 122 Å². The van der Waals surface area contributed by atoms with Gasteiger partial charge in [-0.25, -0.2) is 8.42 Å². The maximum absolute atomic E-state index is 11.4. The smallest absolute Gasteiger partial charge is 0.245 e. The number of methoxy groups -OCH3 is 1. The van der Waals surface area contributed by atoms with Gasteiger partial charge in [0.15, 0.2) is 15.7 Å². The number of anilines is 1. The molecule has 1 saturated heterocycles. The van der Waals surface area contributed by atoms with Gasteiger partial charge in [0, 0.05) is 18.7 Å². The third kappa shape index (κ3) is 2.99. The predicted molar refractivity (Wildman–Crippen MR) is 79.2 cm³/mol. The average Bonchev–Trinajstić information content (AvgIpc) is 2.97. The maximum Gasteiger partial charge on any atom is 0.245 e. The summed E-state index contributed by atoms with van der Waals surface area (Å²) >= 11 is 0. The van der Waals surface area contributed by atoms with Crippen LogP contribution in [0.5, 0.6) is 5.75 Å². The Morgan fingerprint density at radius 3 is 2.48 bits per heavy atom. The molecule has 2 heterocycles. The summed E-state index contributed by atoms with van der Waals surface area (Å²) in [5, 5.41) is 7.05. The Morgan fingerprint density at radius 2 is 1.86 bits per heavy atom. The standard InChI is InChI=1S/C13H16N4O3S/c1-20-11-4-2-10(3-5-11)12-14-13(16-15-12)17-6-8-21(18,19)9-7-17/h2-5H,6-9H2,1H3,(H,14,15,16). The summed E-state index contributed by atoms with van der Waals surface area (Å²) in [5.74, 6) is 2.27. The molecule has 21 heavy (non-hydrogen) atoms. The lowest BCUT2D eigenvalue weighted by Crippen LogP contribution is -2.40. The first-order chi connectivity index (χ1) is 10.1. The van der Waals surface area contributed by atoms with Crippen LogP contribution in [-0.2, 0) is 9.84 Å². The SMILES string of the molecule is COc1ccc(-c2nc(N3CCS(=O)(=O)CC3)n[nH]2)cc1. The van der Waals surface area contributed by atoms with E-state index in [0.717, 1.165) is 11.3 Å². The number of hydrogen-bond acceptors (Lipinski definition) is 6. The lowest BCUT2D eigenvalue weighted by molar-refractivity contribution is 0.415. The van der Waals surface area contributed by atoms with Crippen molar-refractivity contribution in [1.82, 2.24) is 15.2 Å². The number of nitrogens with one attached hydrogen (secondary N) is 1. The van der Waals surface area contributed by atoms with Crippen LogP contribution in [0.1, 0.15) is 0 Å². The fourth-order valence-electron chi connectivity index (χ4n) is 2.18. The molecule has 1 fully saturated rings. The van der Waals surface area contributed by atoms with Crippen LogP contribution in [0.15, 0.2) is 24.3 Å². The van der Waals surface area contributed by atoms with E-state index in [1.54, 1.807) is 7.11 Å². The largest absolute Gasteiger partial charge is 0.497 e. The summed E-state index contributed by atoms with van der Waals surface area (Å²) < 4.78 is 28.0. The first-order valence-electron chi connectivity index (χ1n) is 6.59. The molecule has 1 aromatic heterocycles. The number of sulfone groups is 1. The fraction of sp³-hybridized carbons (Fsp3) is 0.385. The van der Waals surface area contributed by atoms with E-state index in [2.05, 4.69) is 15.2 Å². The second-order valence-corrected chi connectivity index (χ2v) is 7.16. The van der Waals surface area contributed by atoms with Gasteiger partial charge in [-0.3, -0.25) is 5.10 Å². The lowest BCUT2D eigenvalue weighted by Gasteiger charge is -2.25. The summed E-state index contributed by atoms with van der Waals surface area (Å²) in [7, 11) is -1.28. The van der Waals surface area contributed by atoms with Gasteiger partial charge < -0.3 is 9.64 Å². The molecule has 2 aromatic rings. The molecule has 3 rings (SSSR count).